The first kappa shape index (κ1) is 15.5. The van der Waals surface area contributed by atoms with Crippen LogP contribution in [0.3, 0.4) is 0 Å². The molecule has 0 bridgehead atoms. The molecule has 0 aromatic carbocycles. The van der Waals surface area contributed by atoms with Crippen LogP contribution in [0.5, 0.6) is 0 Å². The van der Waals surface area contributed by atoms with E-state index < -0.39 is 16.0 Å². The molecule has 0 radical (unpaired) electrons. The summed E-state index contributed by atoms with van der Waals surface area (Å²) in [5, 5.41) is 8.76. The minimum absolute atomic E-state index is 0.00577. The van der Waals surface area contributed by atoms with Gasteiger partial charge >= 0.3 is 5.97 Å². The molecule has 1 aliphatic rings. The molecule has 1 aliphatic heterocycles. The summed E-state index contributed by atoms with van der Waals surface area (Å²) in [6, 6.07) is 3.10. The normalized spacial score (nSPS) is 24.7. The number of thiophene rings is 1. The smallest absolute Gasteiger partial charge is 0.308 e. The van der Waals surface area contributed by atoms with Gasteiger partial charge in [-0.2, -0.15) is 4.31 Å². The number of hydrogen-bond acceptors (Lipinski definition) is 4. The number of rotatable bonds is 4. The van der Waals surface area contributed by atoms with E-state index in [0.29, 0.717) is 4.88 Å². The molecule has 2 atom stereocenters. The summed E-state index contributed by atoms with van der Waals surface area (Å²) in [5.41, 5.74) is 0. The third kappa shape index (κ3) is 3.05. The van der Waals surface area contributed by atoms with Gasteiger partial charge in [0.1, 0.15) is 4.21 Å². The topological polar surface area (TPSA) is 74.7 Å². The molecule has 0 unspecified atom stereocenters. The van der Waals surface area contributed by atoms with Gasteiger partial charge in [0.2, 0.25) is 0 Å². The van der Waals surface area contributed by atoms with Gasteiger partial charge < -0.3 is 5.11 Å². The molecular weight excluding hydrogens is 298 g/mol. The lowest BCUT2D eigenvalue weighted by Crippen LogP contribution is -2.47. The third-order valence-corrected chi connectivity index (χ3v) is 7.29. The molecule has 2 rings (SSSR count). The maximum Gasteiger partial charge on any atom is 0.308 e. The van der Waals surface area contributed by atoms with Crippen LogP contribution in [0.15, 0.2) is 16.3 Å². The Labute approximate surface area is 123 Å². The average molecular weight is 317 g/mol. The lowest BCUT2D eigenvalue weighted by atomic mass is 10.0. The molecule has 7 heteroatoms. The zero-order chi connectivity index (χ0) is 14.9. The predicted octanol–water partition coefficient (Wildman–Crippen LogP) is 2.33. The van der Waals surface area contributed by atoms with Crippen LogP contribution in [0, 0.1) is 0 Å². The lowest BCUT2D eigenvalue weighted by Gasteiger charge is -2.37. The SMILES string of the molecule is C[C@@H]1CCC[C@H](C)N1S(=O)(=O)c1ccc(CC(=O)O)s1. The van der Waals surface area contributed by atoms with Crippen molar-refractivity contribution < 1.29 is 18.3 Å². The number of aliphatic carboxylic acids is 1. The summed E-state index contributed by atoms with van der Waals surface area (Å²) in [7, 11) is -3.52. The Morgan fingerprint density at radius 2 is 1.95 bits per heavy atom. The highest BCUT2D eigenvalue weighted by Gasteiger charge is 2.36. The van der Waals surface area contributed by atoms with Crippen LogP contribution in [-0.4, -0.2) is 35.9 Å². The number of hydrogen-bond donors (Lipinski definition) is 1. The largest absolute Gasteiger partial charge is 0.481 e. The quantitative estimate of drug-likeness (QED) is 0.925. The molecular formula is C13H19NO4S2. The molecule has 1 aromatic rings. The van der Waals surface area contributed by atoms with Crippen LogP contribution in [0.2, 0.25) is 0 Å². The van der Waals surface area contributed by atoms with Crippen LogP contribution in [0.1, 0.15) is 38.0 Å². The Morgan fingerprint density at radius 3 is 2.50 bits per heavy atom. The molecule has 1 aromatic heterocycles. The Hall–Kier alpha value is -0.920. The van der Waals surface area contributed by atoms with Gasteiger partial charge in [-0.05, 0) is 38.8 Å². The summed E-state index contributed by atoms with van der Waals surface area (Å²) in [5.74, 6) is -0.949. The molecule has 0 spiro atoms. The first-order valence-corrected chi connectivity index (χ1v) is 8.92. The van der Waals surface area contributed by atoms with E-state index in [4.69, 9.17) is 5.11 Å². The highest BCUT2D eigenvalue weighted by atomic mass is 32.2. The third-order valence-electron chi connectivity index (χ3n) is 3.61. The fourth-order valence-electron chi connectivity index (χ4n) is 2.72. The summed E-state index contributed by atoms with van der Waals surface area (Å²) in [6.07, 6.45) is 2.65. The van der Waals surface area contributed by atoms with E-state index in [0.717, 1.165) is 30.6 Å². The summed E-state index contributed by atoms with van der Waals surface area (Å²) < 4.78 is 27.2. The summed E-state index contributed by atoms with van der Waals surface area (Å²) in [4.78, 5) is 11.2. The molecule has 0 aliphatic carbocycles. The van der Waals surface area contributed by atoms with E-state index in [1.165, 1.54) is 6.07 Å². The van der Waals surface area contributed by atoms with Crippen molar-refractivity contribution in [2.24, 2.45) is 0 Å². The van der Waals surface area contributed by atoms with Crippen molar-refractivity contribution in [3.63, 3.8) is 0 Å². The van der Waals surface area contributed by atoms with Crippen molar-refractivity contribution in [3.05, 3.63) is 17.0 Å². The van der Waals surface area contributed by atoms with E-state index >= 15 is 0 Å². The van der Waals surface area contributed by atoms with Crippen molar-refractivity contribution in [3.8, 4) is 0 Å². The monoisotopic (exact) mass is 317 g/mol. The number of carboxylic acids is 1. The standard InChI is InChI=1S/C13H19NO4S2/c1-9-4-3-5-10(2)14(9)20(17,18)13-7-6-11(19-13)8-12(15)16/h6-7,9-10H,3-5,8H2,1-2H3,(H,15,16)/t9-,10+. The van der Waals surface area contributed by atoms with Crippen LogP contribution in [-0.2, 0) is 21.2 Å². The van der Waals surface area contributed by atoms with Crippen molar-refractivity contribution in [1.29, 1.82) is 0 Å². The Bertz CT molecular complexity index is 583. The van der Waals surface area contributed by atoms with E-state index in [1.54, 1.807) is 10.4 Å². The first-order chi connectivity index (χ1) is 9.32. The van der Waals surface area contributed by atoms with Crippen molar-refractivity contribution in [2.45, 2.75) is 55.8 Å². The second-order valence-corrected chi connectivity index (χ2v) is 8.49. The number of carboxylic acid groups (broad SMARTS) is 1. The summed E-state index contributed by atoms with van der Waals surface area (Å²) >= 11 is 1.06. The Balaban J connectivity index is 2.29. The van der Waals surface area contributed by atoms with E-state index in [1.807, 2.05) is 13.8 Å². The van der Waals surface area contributed by atoms with E-state index in [9.17, 15) is 13.2 Å². The van der Waals surface area contributed by atoms with Crippen molar-refractivity contribution >= 4 is 27.3 Å². The molecule has 0 amide bonds. The molecule has 20 heavy (non-hydrogen) atoms. The van der Waals surface area contributed by atoms with Gasteiger partial charge in [0.05, 0.1) is 6.42 Å². The van der Waals surface area contributed by atoms with Crippen LogP contribution >= 0.6 is 11.3 Å². The second kappa shape index (κ2) is 5.83. The van der Waals surface area contributed by atoms with Crippen LogP contribution in [0.4, 0.5) is 0 Å². The van der Waals surface area contributed by atoms with Gasteiger partial charge in [0, 0.05) is 17.0 Å². The van der Waals surface area contributed by atoms with E-state index in [2.05, 4.69) is 0 Å². The Kier molecular flexibility index (Phi) is 4.51. The number of sulfonamides is 1. The molecule has 5 nitrogen and oxygen atoms in total. The molecule has 2 heterocycles. The fraction of sp³-hybridized carbons (Fsp3) is 0.615. The van der Waals surface area contributed by atoms with Gasteiger partial charge in [-0.15, -0.1) is 11.3 Å². The number of carbonyl (C=O) groups is 1. The zero-order valence-corrected chi connectivity index (χ0v) is 13.2. The van der Waals surface area contributed by atoms with Crippen molar-refractivity contribution in [2.75, 3.05) is 0 Å². The van der Waals surface area contributed by atoms with Crippen LogP contribution < -0.4 is 0 Å². The highest BCUT2D eigenvalue weighted by Crippen LogP contribution is 2.32. The van der Waals surface area contributed by atoms with Gasteiger partial charge in [0.15, 0.2) is 0 Å². The highest BCUT2D eigenvalue weighted by molar-refractivity contribution is 7.91. The molecule has 0 saturated carbocycles. The van der Waals surface area contributed by atoms with E-state index in [-0.39, 0.29) is 22.7 Å². The molecule has 1 saturated heterocycles. The predicted molar refractivity (Wildman–Crippen MR) is 77.5 cm³/mol. The van der Waals surface area contributed by atoms with Crippen LogP contribution in [0.25, 0.3) is 0 Å². The minimum Gasteiger partial charge on any atom is -0.481 e. The Morgan fingerprint density at radius 1 is 1.35 bits per heavy atom. The maximum atomic E-state index is 12.7. The fourth-order valence-corrected chi connectivity index (χ4v) is 6.05. The van der Waals surface area contributed by atoms with Crippen molar-refractivity contribution in [1.82, 2.24) is 4.31 Å². The number of nitrogens with zero attached hydrogens (tertiary/aromatic N) is 1. The second-order valence-electron chi connectivity index (χ2n) is 5.26. The first-order valence-electron chi connectivity index (χ1n) is 6.66. The zero-order valence-electron chi connectivity index (χ0n) is 11.6. The average Bonchev–Trinajstić information content (AvgIpc) is 2.76. The van der Waals surface area contributed by atoms with Gasteiger partial charge in [-0.3, -0.25) is 4.79 Å². The number of piperidine rings is 1. The van der Waals surface area contributed by atoms with Gasteiger partial charge in [-0.25, -0.2) is 8.42 Å². The van der Waals surface area contributed by atoms with Gasteiger partial charge in [-0.1, -0.05) is 6.42 Å². The molecule has 112 valence electrons. The van der Waals surface area contributed by atoms with Gasteiger partial charge in [0.25, 0.3) is 10.0 Å². The minimum atomic E-state index is -3.52. The molecule has 1 N–H and O–H groups in total. The lowest BCUT2D eigenvalue weighted by molar-refractivity contribution is -0.136. The molecule has 1 fully saturated rings. The maximum absolute atomic E-state index is 12.7. The summed E-state index contributed by atoms with van der Waals surface area (Å²) in [6.45, 7) is 3.86.